The Balaban J connectivity index is 3.25. The largest absolute Gasteiger partial charge is 0.336 e. The first-order chi connectivity index (χ1) is 9.16. The molecule has 0 unspecified atom stereocenters. The summed E-state index contributed by atoms with van der Waals surface area (Å²) in [7, 11) is -4.05. The summed E-state index contributed by atoms with van der Waals surface area (Å²) in [4.78, 5) is 13.5. The molecule has 1 amide bonds. The fourth-order valence-electron chi connectivity index (χ4n) is 1.85. The highest BCUT2D eigenvalue weighted by Gasteiger charge is 2.21. The van der Waals surface area contributed by atoms with Crippen LogP contribution in [0, 0.1) is 5.82 Å². The third kappa shape index (κ3) is 4.01. The lowest BCUT2D eigenvalue weighted by Gasteiger charge is -2.26. The average Bonchev–Trinajstić information content (AvgIpc) is 2.33. The Morgan fingerprint density at radius 3 is 2.40 bits per heavy atom. The Bertz CT molecular complexity index is 600. The number of benzene rings is 1. The second kappa shape index (κ2) is 6.32. The van der Waals surface area contributed by atoms with Crippen molar-refractivity contribution in [2.45, 2.75) is 38.1 Å². The predicted molar refractivity (Wildman–Crippen MR) is 74.2 cm³/mol. The lowest BCUT2D eigenvalue weighted by Crippen LogP contribution is -2.37. The van der Waals surface area contributed by atoms with Crippen molar-refractivity contribution in [1.82, 2.24) is 4.90 Å². The van der Waals surface area contributed by atoms with Crippen LogP contribution < -0.4 is 5.14 Å². The molecule has 0 atom stereocenters. The van der Waals surface area contributed by atoms with E-state index in [0.29, 0.717) is 6.54 Å². The zero-order chi connectivity index (χ0) is 15.5. The Labute approximate surface area is 118 Å². The first kappa shape index (κ1) is 16.6. The van der Waals surface area contributed by atoms with Crippen molar-refractivity contribution >= 4 is 15.9 Å². The Morgan fingerprint density at radius 2 is 1.95 bits per heavy atom. The highest BCUT2D eigenvalue weighted by molar-refractivity contribution is 7.89. The van der Waals surface area contributed by atoms with Gasteiger partial charge in [-0.2, -0.15) is 0 Å². The van der Waals surface area contributed by atoms with E-state index in [1.54, 1.807) is 4.90 Å². The summed E-state index contributed by atoms with van der Waals surface area (Å²) in [5, 5.41) is 4.97. The zero-order valence-corrected chi connectivity index (χ0v) is 12.6. The number of carbonyl (C=O) groups is 1. The molecule has 0 saturated carbocycles. The van der Waals surface area contributed by atoms with Crippen molar-refractivity contribution in [2.24, 2.45) is 5.14 Å². The fourth-order valence-corrected chi connectivity index (χ4v) is 2.42. The minimum Gasteiger partial charge on any atom is -0.336 e. The second-order valence-corrected chi connectivity index (χ2v) is 6.37. The van der Waals surface area contributed by atoms with Gasteiger partial charge in [0.15, 0.2) is 0 Å². The molecule has 1 rings (SSSR count). The summed E-state index contributed by atoms with van der Waals surface area (Å²) in [5.41, 5.74) is -0.0174. The maximum absolute atomic E-state index is 13.5. The molecule has 0 fully saturated rings. The normalized spacial score (nSPS) is 11.7. The number of carbonyl (C=O) groups excluding carboxylic acids is 1. The summed E-state index contributed by atoms with van der Waals surface area (Å²) in [6.45, 7) is 6.11. The molecule has 0 spiro atoms. The molecular formula is C13H19FN2O3S. The molecule has 0 heterocycles. The lowest BCUT2D eigenvalue weighted by atomic mass is 10.1. The Hall–Kier alpha value is -1.47. The van der Waals surface area contributed by atoms with E-state index < -0.39 is 26.6 Å². The van der Waals surface area contributed by atoms with Crippen molar-refractivity contribution in [3.63, 3.8) is 0 Å². The van der Waals surface area contributed by atoms with Gasteiger partial charge in [0.05, 0.1) is 4.90 Å². The molecule has 0 aliphatic rings. The minimum absolute atomic E-state index is 0.0174. The van der Waals surface area contributed by atoms with Crippen molar-refractivity contribution in [3.8, 4) is 0 Å². The van der Waals surface area contributed by atoms with Gasteiger partial charge in [0.2, 0.25) is 10.0 Å². The number of hydrogen-bond donors (Lipinski definition) is 1. The number of amides is 1. The molecule has 1 aromatic carbocycles. The molecule has 2 N–H and O–H groups in total. The molecule has 0 aliphatic heterocycles. The third-order valence-electron chi connectivity index (χ3n) is 2.80. The van der Waals surface area contributed by atoms with E-state index in [1.165, 1.54) is 0 Å². The average molecular weight is 302 g/mol. The van der Waals surface area contributed by atoms with E-state index in [-0.39, 0.29) is 11.6 Å². The first-order valence-electron chi connectivity index (χ1n) is 6.31. The number of nitrogens with zero attached hydrogens (tertiary/aromatic N) is 1. The smallest absolute Gasteiger partial charge is 0.254 e. The van der Waals surface area contributed by atoms with Gasteiger partial charge in [-0.3, -0.25) is 4.79 Å². The van der Waals surface area contributed by atoms with Crippen molar-refractivity contribution in [3.05, 3.63) is 29.6 Å². The quantitative estimate of drug-likeness (QED) is 0.899. The van der Waals surface area contributed by atoms with Gasteiger partial charge in [-0.15, -0.1) is 0 Å². The fraction of sp³-hybridized carbons (Fsp3) is 0.462. The number of rotatable bonds is 5. The van der Waals surface area contributed by atoms with E-state index in [4.69, 9.17) is 5.14 Å². The van der Waals surface area contributed by atoms with E-state index in [2.05, 4.69) is 0 Å². The number of nitrogens with two attached hydrogens (primary N) is 1. The summed E-state index contributed by atoms with van der Waals surface area (Å²) in [6, 6.07) is 2.85. The molecule has 0 aromatic heterocycles. The number of hydrogen-bond acceptors (Lipinski definition) is 3. The molecule has 112 valence electrons. The summed E-state index contributed by atoms with van der Waals surface area (Å²) >= 11 is 0. The number of sulfonamides is 1. The van der Waals surface area contributed by atoms with Gasteiger partial charge in [-0.25, -0.2) is 17.9 Å². The van der Waals surface area contributed by atoms with Crippen molar-refractivity contribution in [2.75, 3.05) is 6.54 Å². The van der Waals surface area contributed by atoms with Gasteiger partial charge in [0.1, 0.15) is 5.82 Å². The highest BCUT2D eigenvalue weighted by atomic mass is 32.2. The van der Waals surface area contributed by atoms with Crippen molar-refractivity contribution in [1.29, 1.82) is 0 Å². The van der Waals surface area contributed by atoms with Gasteiger partial charge in [-0.05, 0) is 38.5 Å². The first-order valence-corrected chi connectivity index (χ1v) is 7.85. The molecule has 0 aliphatic carbocycles. The molecule has 7 heteroatoms. The molecule has 0 radical (unpaired) electrons. The van der Waals surface area contributed by atoms with Crippen LogP contribution in [-0.2, 0) is 10.0 Å². The van der Waals surface area contributed by atoms with E-state index in [0.717, 1.165) is 24.6 Å². The highest BCUT2D eigenvalue weighted by Crippen LogP contribution is 2.16. The third-order valence-corrected chi connectivity index (χ3v) is 3.69. The predicted octanol–water partition coefficient (Wildman–Crippen LogP) is 1.73. The summed E-state index contributed by atoms with van der Waals surface area (Å²) in [5.74, 6) is -1.22. The van der Waals surface area contributed by atoms with Crippen LogP contribution >= 0.6 is 0 Å². The van der Waals surface area contributed by atoms with E-state index >= 15 is 0 Å². The van der Waals surface area contributed by atoms with Gasteiger partial charge < -0.3 is 4.90 Å². The van der Waals surface area contributed by atoms with Crippen LogP contribution in [-0.4, -0.2) is 31.8 Å². The monoisotopic (exact) mass is 302 g/mol. The molecule has 1 aromatic rings. The Morgan fingerprint density at radius 1 is 1.35 bits per heavy atom. The van der Waals surface area contributed by atoms with Crippen LogP contribution in [0.3, 0.4) is 0 Å². The summed E-state index contributed by atoms with van der Waals surface area (Å²) in [6.07, 6.45) is 0.751. The van der Waals surface area contributed by atoms with Crippen molar-refractivity contribution < 1.29 is 17.6 Å². The van der Waals surface area contributed by atoms with Crippen LogP contribution in [0.15, 0.2) is 23.1 Å². The van der Waals surface area contributed by atoms with Gasteiger partial charge in [0.25, 0.3) is 5.91 Å². The van der Waals surface area contributed by atoms with Crippen LogP contribution in [0.1, 0.15) is 37.6 Å². The summed E-state index contributed by atoms with van der Waals surface area (Å²) < 4.78 is 36.0. The lowest BCUT2D eigenvalue weighted by molar-refractivity contribution is 0.0705. The van der Waals surface area contributed by atoms with Gasteiger partial charge >= 0.3 is 0 Å². The second-order valence-electron chi connectivity index (χ2n) is 4.81. The minimum atomic E-state index is -4.05. The molecule has 0 saturated heterocycles. The zero-order valence-electron chi connectivity index (χ0n) is 11.8. The molecule has 20 heavy (non-hydrogen) atoms. The number of halogens is 1. The van der Waals surface area contributed by atoms with Gasteiger partial charge in [-0.1, -0.05) is 6.92 Å². The maximum atomic E-state index is 13.5. The van der Waals surface area contributed by atoms with Crippen LogP contribution in [0.2, 0.25) is 0 Å². The van der Waals surface area contributed by atoms with Gasteiger partial charge in [0, 0.05) is 18.2 Å². The molecule has 5 nitrogen and oxygen atoms in total. The molecular weight excluding hydrogens is 283 g/mol. The number of primary sulfonamides is 1. The van der Waals surface area contributed by atoms with E-state index in [9.17, 15) is 17.6 Å². The van der Waals surface area contributed by atoms with Crippen LogP contribution in [0.4, 0.5) is 4.39 Å². The SMILES string of the molecule is CCCN(C(=O)c1cc(F)cc(S(N)(=O)=O)c1)C(C)C. The Kier molecular flexibility index (Phi) is 5.24. The standard InChI is InChI=1S/C13H19FN2O3S/c1-4-5-16(9(2)3)13(17)10-6-11(14)8-12(7-10)20(15,18)19/h6-9H,4-5H2,1-3H3,(H2,15,18,19). The van der Waals surface area contributed by atoms with E-state index in [1.807, 2.05) is 20.8 Å². The van der Waals surface area contributed by atoms with Crippen LogP contribution in [0.5, 0.6) is 0 Å². The topological polar surface area (TPSA) is 80.5 Å². The molecule has 0 bridgehead atoms. The maximum Gasteiger partial charge on any atom is 0.254 e. The van der Waals surface area contributed by atoms with Crippen LogP contribution in [0.25, 0.3) is 0 Å².